The SMILES string of the molecule is Cc1cc(CC(=O)N2CCCN(C(=O)c3ncccc3O)CC2)on1. The van der Waals surface area contributed by atoms with Crippen molar-refractivity contribution in [2.24, 2.45) is 0 Å². The number of hydrogen-bond donors (Lipinski definition) is 1. The predicted molar refractivity (Wildman–Crippen MR) is 87.9 cm³/mol. The van der Waals surface area contributed by atoms with Gasteiger partial charge in [-0.15, -0.1) is 0 Å². The first-order valence-electron chi connectivity index (χ1n) is 8.18. The fourth-order valence-electron chi connectivity index (χ4n) is 2.84. The summed E-state index contributed by atoms with van der Waals surface area (Å²) in [6.07, 6.45) is 2.30. The highest BCUT2D eigenvalue weighted by molar-refractivity contribution is 5.94. The highest BCUT2D eigenvalue weighted by Gasteiger charge is 2.25. The van der Waals surface area contributed by atoms with Gasteiger partial charge < -0.3 is 19.4 Å². The third-order valence-corrected chi connectivity index (χ3v) is 4.13. The first kappa shape index (κ1) is 16.9. The lowest BCUT2D eigenvalue weighted by molar-refractivity contribution is -0.130. The maximum atomic E-state index is 12.5. The minimum atomic E-state index is -0.321. The third-order valence-electron chi connectivity index (χ3n) is 4.13. The molecule has 0 radical (unpaired) electrons. The molecule has 8 heteroatoms. The molecule has 8 nitrogen and oxygen atoms in total. The molecule has 0 spiro atoms. The van der Waals surface area contributed by atoms with Crippen molar-refractivity contribution in [1.29, 1.82) is 0 Å². The molecule has 1 aliphatic heterocycles. The number of nitrogens with zero attached hydrogens (tertiary/aromatic N) is 4. The van der Waals surface area contributed by atoms with Gasteiger partial charge >= 0.3 is 0 Å². The molecular formula is C17H20N4O4. The summed E-state index contributed by atoms with van der Waals surface area (Å²) in [6, 6.07) is 4.75. The van der Waals surface area contributed by atoms with Crippen LogP contribution in [0.15, 0.2) is 28.9 Å². The van der Waals surface area contributed by atoms with Crippen molar-refractivity contribution in [3.8, 4) is 5.75 Å². The second-order valence-corrected chi connectivity index (χ2v) is 6.01. The Morgan fingerprint density at radius 3 is 2.72 bits per heavy atom. The summed E-state index contributed by atoms with van der Waals surface area (Å²) in [6.45, 7) is 3.73. The number of rotatable bonds is 3. The van der Waals surface area contributed by atoms with Crippen molar-refractivity contribution in [1.82, 2.24) is 19.9 Å². The molecule has 0 bridgehead atoms. The monoisotopic (exact) mass is 344 g/mol. The summed E-state index contributed by atoms with van der Waals surface area (Å²) in [5.41, 5.74) is 0.782. The molecule has 1 aliphatic rings. The van der Waals surface area contributed by atoms with E-state index < -0.39 is 0 Å². The fraction of sp³-hybridized carbons (Fsp3) is 0.412. The van der Waals surface area contributed by atoms with Gasteiger partial charge in [0.25, 0.3) is 5.91 Å². The molecule has 1 N–H and O–H groups in total. The molecule has 0 unspecified atom stereocenters. The van der Waals surface area contributed by atoms with Crippen molar-refractivity contribution in [2.75, 3.05) is 26.2 Å². The number of aromatic nitrogens is 2. The van der Waals surface area contributed by atoms with Crippen molar-refractivity contribution >= 4 is 11.8 Å². The smallest absolute Gasteiger partial charge is 0.276 e. The number of hydrogen-bond acceptors (Lipinski definition) is 6. The lowest BCUT2D eigenvalue weighted by Crippen LogP contribution is -2.38. The predicted octanol–water partition coefficient (Wildman–Crippen LogP) is 1.00. The van der Waals surface area contributed by atoms with Gasteiger partial charge in [-0.05, 0) is 25.5 Å². The van der Waals surface area contributed by atoms with Crippen LogP contribution >= 0.6 is 0 Å². The van der Waals surface area contributed by atoms with E-state index in [1.165, 1.54) is 12.3 Å². The van der Waals surface area contributed by atoms with E-state index in [1.54, 1.807) is 28.9 Å². The first-order chi connectivity index (χ1) is 12.0. The Morgan fingerprint density at radius 1 is 1.24 bits per heavy atom. The number of carbonyl (C=O) groups excluding carboxylic acids is 2. The van der Waals surface area contributed by atoms with Crippen molar-refractivity contribution in [3.05, 3.63) is 41.5 Å². The van der Waals surface area contributed by atoms with E-state index >= 15 is 0 Å². The van der Waals surface area contributed by atoms with E-state index in [0.29, 0.717) is 38.4 Å². The van der Waals surface area contributed by atoms with Gasteiger partial charge in [-0.25, -0.2) is 4.98 Å². The molecule has 0 saturated carbocycles. The molecule has 1 fully saturated rings. The van der Waals surface area contributed by atoms with E-state index in [2.05, 4.69) is 10.1 Å². The minimum absolute atomic E-state index is 0.0411. The maximum absolute atomic E-state index is 12.5. The van der Waals surface area contributed by atoms with E-state index in [-0.39, 0.29) is 29.7 Å². The molecular weight excluding hydrogens is 324 g/mol. The third kappa shape index (κ3) is 3.96. The van der Waals surface area contributed by atoms with Crippen molar-refractivity contribution in [2.45, 2.75) is 19.8 Å². The second kappa shape index (κ2) is 7.33. The van der Waals surface area contributed by atoms with Crippen molar-refractivity contribution < 1.29 is 19.2 Å². The first-order valence-corrected chi connectivity index (χ1v) is 8.18. The standard InChI is InChI=1S/C17H20N4O4/c1-12-10-13(25-19-12)11-15(23)20-6-3-7-21(9-8-20)17(24)16-14(22)4-2-5-18-16/h2,4-5,10,22H,3,6-9,11H2,1H3. The molecule has 2 amide bonds. The number of carbonyl (C=O) groups is 2. The average molecular weight is 344 g/mol. The molecule has 2 aromatic heterocycles. The molecule has 3 heterocycles. The van der Waals surface area contributed by atoms with E-state index in [4.69, 9.17) is 4.52 Å². The molecule has 0 aromatic carbocycles. The Bertz CT molecular complexity index is 774. The van der Waals surface area contributed by atoms with E-state index in [9.17, 15) is 14.7 Å². The minimum Gasteiger partial charge on any atom is -0.505 e. The largest absolute Gasteiger partial charge is 0.505 e. The Kier molecular flexibility index (Phi) is 4.97. The van der Waals surface area contributed by atoms with Crippen LogP contribution in [0.4, 0.5) is 0 Å². The molecule has 0 atom stereocenters. The molecule has 1 saturated heterocycles. The van der Waals surface area contributed by atoms with Gasteiger partial charge in [-0.1, -0.05) is 5.16 Å². The van der Waals surface area contributed by atoms with E-state index in [1.807, 2.05) is 0 Å². The summed E-state index contributed by atoms with van der Waals surface area (Å²) >= 11 is 0. The summed E-state index contributed by atoms with van der Waals surface area (Å²) in [5, 5.41) is 13.6. The van der Waals surface area contributed by atoms with Gasteiger partial charge in [-0.3, -0.25) is 9.59 Å². The van der Waals surface area contributed by atoms with Gasteiger partial charge in [0.1, 0.15) is 11.5 Å². The van der Waals surface area contributed by atoms with E-state index in [0.717, 1.165) is 5.69 Å². The Balaban J connectivity index is 1.61. The highest BCUT2D eigenvalue weighted by Crippen LogP contribution is 2.16. The number of amides is 2. The van der Waals surface area contributed by atoms with Gasteiger partial charge in [0.05, 0.1) is 12.1 Å². The summed E-state index contributed by atoms with van der Waals surface area (Å²) < 4.78 is 5.09. The molecule has 0 aliphatic carbocycles. The van der Waals surface area contributed by atoms with Crippen LogP contribution < -0.4 is 0 Å². The summed E-state index contributed by atoms with van der Waals surface area (Å²) in [5.74, 6) is 0.0350. The molecule has 132 valence electrons. The lowest BCUT2D eigenvalue weighted by Gasteiger charge is -2.22. The summed E-state index contributed by atoms with van der Waals surface area (Å²) in [7, 11) is 0. The topological polar surface area (TPSA) is 99.8 Å². The van der Waals surface area contributed by atoms with Crippen LogP contribution in [0.5, 0.6) is 5.75 Å². The van der Waals surface area contributed by atoms with Crippen LogP contribution in [-0.4, -0.2) is 63.0 Å². The van der Waals surface area contributed by atoms with Crippen LogP contribution in [-0.2, 0) is 11.2 Å². The van der Waals surface area contributed by atoms with Crippen LogP contribution in [0.3, 0.4) is 0 Å². The zero-order valence-electron chi connectivity index (χ0n) is 14.0. The zero-order chi connectivity index (χ0) is 17.8. The number of aryl methyl sites for hydroxylation is 1. The van der Waals surface area contributed by atoms with Crippen LogP contribution in [0, 0.1) is 6.92 Å². The lowest BCUT2D eigenvalue weighted by atomic mass is 10.2. The maximum Gasteiger partial charge on any atom is 0.276 e. The second-order valence-electron chi connectivity index (χ2n) is 6.01. The Labute approximate surface area is 145 Å². The van der Waals surface area contributed by atoms with Crippen LogP contribution in [0.1, 0.15) is 28.4 Å². The van der Waals surface area contributed by atoms with Crippen LogP contribution in [0.25, 0.3) is 0 Å². The van der Waals surface area contributed by atoms with Gasteiger partial charge in [0.15, 0.2) is 5.69 Å². The number of aromatic hydroxyl groups is 1. The fourth-order valence-corrected chi connectivity index (χ4v) is 2.84. The number of pyridine rings is 1. The highest BCUT2D eigenvalue weighted by atomic mass is 16.5. The molecule has 2 aromatic rings. The average Bonchev–Trinajstić information content (AvgIpc) is 2.86. The molecule has 25 heavy (non-hydrogen) atoms. The Hall–Kier alpha value is -2.90. The van der Waals surface area contributed by atoms with Gasteiger partial charge in [0.2, 0.25) is 5.91 Å². The van der Waals surface area contributed by atoms with Crippen molar-refractivity contribution in [3.63, 3.8) is 0 Å². The molecule has 3 rings (SSSR count). The summed E-state index contributed by atoms with van der Waals surface area (Å²) in [4.78, 5) is 32.2. The normalized spacial score (nSPS) is 15.1. The van der Waals surface area contributed by atoms with Gasteiger partial charge in [0, 0.05) is 38.4 Å². The quantitative estimate of drug-likeness (QED) is 0.892. The zero-order valence-corrected chi connectivity index (χ0v) is 14.0. The van der Waals surface area contributed by atoms with Crippen LogP contribution in [0.2, 0.25) is 0 Å². The van der Waals surface area contributed by atoms with Gasteiger partial charge in [-0.2, -0.15) is 0 Å². The Morgan fingerprint density at radius 2 is 2.00 bits per heavy atom.